The van der Waals surface area contributed by atoms with Crippen LogP contribution in [0.15, 0.2) is 24.3 Å². The summed E-state index contributed by atoms with van der Waals surface area (Å²) < 4.78 is 0. The van der Waals surface area contributed by atoms with Gasteiger partial charge in [0, 0.05) is 16.8 Å². The molecule has 1 aromatic heterocycles. The molecule has 0 spiro atoms. The highest BCUT2D eigenvalue weighted by molar-refractivity contribution is 6.34. The highest BCUT2D eigenvalue weighted by atomic mass is 35.5. The van der Waals surface area contributed by atoms with Crippen molar-refractivity contribution in [3.8, 4) is 0 Å². The number of fused-ring (bicyclic) bond motifs is 1. The maximum Gasteiger partial charge on any atom is 0.159 e. The molecule has 0 bridgehead atoms. The molecule has 2 rings (SSSR count). The summed E-state index contributed by atoms with van der Waals surface area (Å²) in [6, 6.07) is 8.34. The molecule has 0 amide bonds. The molecule has 3 nitrogen and oxygen atoms in total. The second-order valence-corrected chi connectivity index (χ2v) is 4.40. The summed E-state index contributed by atoms with van der Waals surface area (Å²) in [6.45, 7) is 4.32. The first kappa shape index (κ1) is 12.1. The molecule has 0 saturated carbocycles. The summed E-state index contributed by atoms with van der Waals surface area (Å²) in [5.41, 5.74) is 0. The molecule has 0 aliphatic carbocycles. The number of nitrogens with zero attached hydrogens (tertiary/aromatic N) is 2. The van der Waals surface area contributed by atoms with E-state index in [0.717, 1.165) is 29.4 Å². The summed E-state index contributed by atoms with van der Waals surface area (Å²) in [7, 11) is 0. The molecule has 4 heteroatoms. The average Bonchev–Trinajstić information content (AvgIpc) is 2.38. The highest BCUT2D eigenvalue weighted by Crippen LogP contribution is 2.26. The molecule has 0 aliphatic heterocycles. The topological polar surface area (TPSA) is 37.8 Å². The van der Waals surface area contributed by atoms with E-state index in [-0.39, 0.29) is 0 Å². The SMILES string of the molecule is CCC(CC)Nc1nnc(Cl)c2ccccc12. The third-order valence-corrected chi connectivity index (χ3v) is 3.25. The van der Waals surface area contributed by atoms with Gasteiger partial charge >= 0.3 is 0 Å². The summed E-state index contributed by atoms with van der Waals surface area (Å²) >= 11 is 6.03. The lowest BCUT2D eigenvalue weighted by Crippen LogP contribution is -2.18. The Kier molecular flexibility index (Phi) is 3.79. The largest absolute Gasteiger partial charge is 0.365 e. The first-order valence-corrected chi connectivity index (χ1v) is 6.31. The molecule has 0 atom stereocenters. The van der Waals surface area contributed by atoms with Crippen LogP contribution in [0.25, 0.3) is 10.8 Å². The average molecular weight is 250 g/mol. The summed E-state index contributed by atoms with van der Waals surface area (Å²) in [4.78, 5) is 0. The van der Waals surface area contributed by atoms with Gasteiger partial charge in [0.25, 0.3) is 0 Å². The molecular formula is C13H16ClN3. The summed E-state index contributed by atoms with van der Waals surface area (Å²) in [5, 5.41) is 14.0. The fraction of sp³-hybridized carbons (Fsp3) is 0.385. The number of benzene rings is 1. The Morgan fingerprint density at radius 2 is 1.76 bits per heavy atom. The minimum Gasteiger partial charge on any atom is -0.365 e. The van der Waals surface area contributed by atoms with E-state index in [1.165, 1.54) is 0 Å². The van der Waals surface area contributed by atoms with E-state index in [4.69, 9.17) is 11.6 Å². The van der Waals surface area contributed by atoms with Crippen molar-refractivity contribution in [2.75, 3.05) is 5.32 Å². The minimum atomic E-state index is 0.425. The fourth-order valence-electron chi connectivity index (χ4n) is 1.86. The van der Waals surface area contributed by atoms with Crippen LogP contribution in [0, 0.1) is 0 Å². The number of nitrogens with one attached hydrogen (secondary N) is 1. The van der Waals surface area contributed by atoms with E-state index < -0.39 is 0 Å². The fourth-order valence-corrected chi connectivity index (χ4v) is 2.07. The highest BCUT2D eigenvalue weighted by Gasteiger charge is 2.10. The molecular weight excluding hydrogens is 234 g/mol. The molecule has 0 saturated heterocycles. The lowest BCUT2D eigenvalue weighted by molar-refractivity contribution is 0.667. The number of anilines is 1. The van der Waals surface area contributed by atoms with Gasteiger partial charge in [0.05, 0.1) is 0 Å². The van der Waals surface area contributed by atoms with Gasteiger partial charge in [-0.25, -0.2) is 0 Å². The van der Waals surface area contributed by atoms with Crippen molar-refractivity contribution in [1.29, 1.82) is 0 Å². The van der Waals surface area contributed by atoms with Crippen molar-refractivity contribution in [1.82, 2.24) is 10.2 Å². The van der Waals surface area contributed by atoms with Crippen LogP contribution in [0.3, 0.4) is 0 Å². The number of rotatable bonds is 4. The van der Waals surface area contributed by atoms with Crippen LogP contribution in [-0.2, 0) is 0 Å². The maximum atomic E-state index is 6.03. The van der Waals surface area contributed by atoms with Crippen molar-refractivity contribution in [3.05, 3.63) is 29.4 Å². The van der Waals surface area contributed by atoms with E-state index in [2.05, 4.69) is 29.4 Å². The maximum absolute atomic E-state index is 6.03. The predicted molar refractivity (Wildman–Crippen MR) is 72.5 cm³/mol. The van der Waals surface area contributed by atoms with Crippen LogP contribution in [0.4, 0.5) is 5.82 Å². The Bertz CT molecular complexity index is 509. The Labute approximate surface area is 106 Å². The van der Waals surface area contributed by atoms with E-state index in [1.54, 1.807) is 0 Å². The Morgan fingerprint density at radius 3 is 2.41 bits per heavy atom. The molecule has 90 valence electrons. The Morgan fingerprint density at radius 1 is 1.12 bits per heavy atom. The monoisotopic (exact) mass is 249 g/mol. The Hall–Kier alpha value is -1.35. The number of aromatic nitrogens is 2. The van der Waals surface area contributed by atoms with Crippen molar-refractivity contribution in [2.45, 2.75) is 32.7 Å². The van der Waals surface area contributed by atoms with Gasteiger partial charge in [0.1, 0.15) is 0 Å². The van der Waals surface area contributed by atoms with Crippen LogP contribution in [0.5, 0.6) is 0 Å². The molecule has 0 aliphatic rings. The van der Waals surface area contributed by atoms with Gasteiger partial charge in [-0.1, -0.05) is 49.7 Å². The summed E-state index contributed by atoms with van der Waals surface area (Å²) in [5.74, 6) is 0.818. The van der Waals surface area contributed by atoms with Crippen molar-refractivity contribution >= 4 is 28.2 Å². The van der Waals surface area contributed by atoms with Gasteiger partial charge in [-0.05, 0) is 12.8 Å². The zero-order chi connectivity index (χ0) is 12.3. The van der Waals surface area contributed by atoms with Crippen LogP contribution >= 0.6 is 11.6 Å². The smallest absolute Gasteiger partial charge is 0.159 e. The first-order valence-electron chi connectivity index (χ1n) is 5.93. The number of hydrogen-bond acceptors (Lipinski definition) is 3. The lowest BCUT2D eigenvalue weighted by atomic mass is 10.1. The minimum absolute atomic E-state index is 0.425. The van der Waals surface area contributed by atoms with Crippen LogP contribution < -0.4 is 5.32 Å². The van der Waals surface area contributed by atoms with Gasteiger partial charge in [-0.3, -0.25) is 0 Å². The van der Waals surface area contributed by atoms with Gasteiger partial charge in [0.15, 0.2) is 11.0 Å². The number of halogens is 1. The van der Waals surface area contributed by atoms with Crippen molar-refractivity contribution in [2.24, 2.45) is 0 Å². The van der Waals surface area contributed by atoms with Crippen molar-refractivity contribution in [3.63, 3.8) is 0 Å². The molecule has 2 aromatic rings. The van der Waals surface area contributed by atoms with Gasteiger partial charge in [0.2, 0.25) is 0 Å². The van der Waals surface area contributed by atoms with E-state index >= 15 is 0 Å². The van der Waals surface area contributed by atoms with Crippen molar-refractivity contribution < 1.29 is 0 Å². The quantitative estimate of drug-likeness (QED) is 0.894. The van der Waals surface area contributed by atoms with Crippen LogP contribution in [-0.4, -0.2) is 16.2 Å². The van der Waals surface area contributed by atoms with E-state index in [1.807, 2.05) is 24.3 Å². The molecule has 1 heterocycles. The third-order valence-electron chi connectivity index (χ3n) is 2.97. The Balaban J connectivity index is 2.44. The zero-order valence-electron chi connectivity index (χ0n) is 10.1. The predicted octanol–water partition coefficient (Wildman–Crippen LogP) is 3.88. The molecule has 0 radical (unpaired) electrons. The second-order valence-electron chi connectivity index (χ2n) is 4.04. The molecule has 1 aromatic carbocycles. The second kappa shape index (κ2) is 5.32. The standard InChI is InChI=1S/C13H16ClN3/c1-3-9(4-2)15-13-11-8-6-5-7-10(11)12(14)16-17-13/h5-9H,3-4H2,1-2H3,(H,15,17). The number of hydrogen-bond donors (Lipinski definition) is 1. The lowest BCUT2D eigenvalue weighted by Gasteiger charge is -2.16. The van der Waals surface area contributed by atoms with Gasteiger partial charge < -0.3 is 5.32 Å². The van der Waals surface area contributed by atoms with Gasteiger partial charge in [-0.2, -0.15) is 0 Å². The first-order chi connectivity index (χ1) is 8.26. The van der Waals surface area contributed by atoms with E-state index in [0.29, 0.717) is 11.2 Å². The summed E-state index contributed by atoms with van der Waals surface area (Å²) in [6.07, 6.45) is 2.13. The molecule has 1 N–H and O–H groups in total. The zero-order valence-corrected chi connectivity index (χ0v) is 10.8. The van der Waals surface area contributed by atoms with Gasteiger partial charge in [-0.15, -0.1) is 10.2 Å². The normalized spacial score (nSPS) is 11.1. The molecule has 0 unspecified atom stereocenters. The van der Waals surface area contributed by atoms with Crippen LogP contribution in [0.2, 0.25) is 5.15 Å². The van der Waals surface area contributed by atoms with E-state index in [9.17, 15) is 0 Å². The molecule has 17 heavy (non-hydrogen) atoms. The molecule has 0 fully saturated rings. The third kappa shape index (κ3) is 2.50. The van der Waals surface area contributed by atoms with Crippen LogP contribution in [0.1, 0.15) is 26.7 Å².